The topological polar surface area (TPSA) is 96.3 Å². The van der Waals surface area contributed by atoms with Crippen LogP contribution in [-0.4, -0.2) is 36.0 Å². The van der Waals surface area contributed by atoms with Gasteiger partial charge in [0, 0.05) is 28.5 Å². The predicted octanol–water partition coefficient (Wildman–Crippen LogP) is 5.94. The molecule has 0 bridgehead atoms. The van der Waals surface area contributed by atoms with Gasteiger partial charge in [0.2, 0.25) is 0 Å². The molecule has 10 heteroatoms. The SMILES string of the molecule is C[C@@H](NS(=O)C(C)(C)C)c1cc(F)cc2c1OC(CN=[N+]=[N-])(CO[Si](C)(C)C(C)(C)C)C2. The summed E-state index contributed by atoms with van der Waals surface area (Å²) >= 11 is 0. The molecule has 1 heterocycles. The molecule has 0 saturated carbocycles. The average molecular weight is 485 g/mol. The van der Waals surface area contributed by atoms with Crippen molar-refractivity contribution >= 4 is 19.3 Å². The second-order valence-electron chi connectivity index (χ2n) is 11.1. The van der Waals surface area contributed by atoms with E-state index in [-0.39, 0.29) is 24.0 Å². The molecule has 0 aliphatic carbocycles. The van der Waals surface area contributed by atoms with Crippen molar-refractivity contribution < 1.29 is 17.8 Å². The van der Waals surface area contributed by atoms with Crippen LogP contribution in [0.5, 0.6) is 5.75 Å². The lowest BCUT2D eigenvalue weighted by molar-refractivity contribution is 0.0400. The minimum absolute atomic E-state index is 0.00483. The number of ether oxygens (including phenoxy) is 1. The Morgan fingerprint density at radius 2 is 1.97 bits per heavy atom. The molecular weight excluding hydrogens is 447 g/mol. The Bertz CT molecular complexity index is 923. The molecule has 7 nitrogen and oxygen atoms in total. The van der Waals surface area contributed by atoms with E-state index in [0.717, 1.165) is 0 Å². The quantitative estimate of drug-likeness (QED) is 0.214. The normalized spacial score (nSPS) is 20.8. The minimum Gasteiger partial charge on any atom is -0.484 e. The summed E-state index contributed by atoms with van der Waals surface area (Å²) in [5.41, 5.74) is 9.32. The summed E-state index contributed by atoms with van der Waals surface area (Å²) in [6.07, 6.45) is 0.371. The Kier molecular flexibility index (Phi) is 7.89. The van der Waals surface area contributed by atoms with Crippen molar-refractivity contribution in [3.8, 4) is 5.75 Å². The van der Waals surface area contributed by atoms with Crippen LogP contribution in [0, 0.1) is 5.82 Å². The van der Waals surface area contributed by atoms with Crippen LogP contribution in [0.3, 0.4) is 0 Å². The molecule has 1 aromatic rings. The van der Waals surface area contributed by atoms with Crippen molar-refractivity contribution in [3.63, 3.8) is 0 Å². The van der Waals surface area contributed by atoms with E-state index in [9.17, 15) is 8.60 Å². The van der Waals surface area contributed by atoms with Gasteiger partial charge < -0.3 is 9.16 Å². The van der Waals surface area contributed by atoms with Crippen LogP contribution in [0.25, 0.3) is 10.4 Å². The number of fused-ring (bicyclic) bond motifs is 1. The highest BCUT2D eigenvalue weighted by Crippen LogP contribution is 2.43. The third kappa shape index (κ3) is 6.11. The van der Waals surface area contributed by atoms with E-state index in [1.165, 1.54) is 12.1 Å². The van der Waals surface area contributed by atoms with Crippen LogP contribution in [0.2, 0.25) is 18.1 Å². The number of benzene rings is 1. The van der Waals surface area contributed by atoms with Crippen LogP contribution >= 0.6 is 0 Å². The van der Waals surface area contributed by atoms with Crippen molar-refractivity contribution in [3.05, 3.63) is 39.5 Å². The first-order valence-corrected chi connectivity index (χ1v) is 14.9. The van der Waals surface area contributed by atoms with E-state index in [1.54, 1.807) is 0 Å². The molecule has 32 heavy (non-hydrogen) atoms. The van der Waals surface area contributed by atoms with Gasteiger partial charge in [-0.15, -0.1) is 0 Å². The molecule has 3 atom stereocenters. The van der Waals surface area contributed by atoms with E-state index in [1.807, 2.05) is 27.7 Å². The standard InChI is InChI=1S/C22H37FN4O3SSi/c1-15(26-31(28)20(2,3)4)18-11-17(23)10-16-12-22(13-25-27-24,30-19(16)18)14-29-32(8,9)21(5,6)7/h10-11,15,26H,12-14H2,1-9H3/t15-,22?,31?/m1/s1. The number of rotatable bonds is 8. The van der Waals surface area contributed by atoms with Crippen LogP contribution in [-0.2, 0) is 21.8 Å². The van der Waals surface area contributed by atoms with Gasteiger partial charge in [0.05, 0.1) is 28.9 Å². The fourth-order valence-electron chi connectivity index (χ4n) is 3.15. The Morgan fingerprint density at radius 1 is 1.34 bits per heavy atom. The average Bonchev–Trinajstić information content (AvgIpc) is 3.01. The number of hydrogen-bond donors (Lipinski definition) is 1. The molecule has 0 radical (unpaired) electrons. The highest BCUT2D eigenvalue weighted by atomic mass is 32.2. The second-order valence-corrected chi connectivity index (χ2v) is 17.9. The maximum atomic E-state index is 14.5. The lowest BCUT2D eigenvalue weighted by Gasteiger charge is -2.39. The molecule has 0 aromatic heterocycles. The van der Waals surface area contributed by atoms with Crippen molar-refractivity contribution in [2.24, 2.45) is 5.11 Å². The van der Waals surface area contributed by atoms with E-state index in [2.05, 4.69) is 48.6 Å². The first-order chi connectivity index (χ1) is 14.5. The summed E-state index contributed by atoms with van der Waals surface area (Å²) in [7, 11) is -3.43. The lowest BCUT2D eigenvalue weighted by atomic mass is 9.96. The zero-order valence-corrected chi connectivity index (χ0v) is 22.5. The van der Waals surface area contributed by atoms with Gasteiger partial charge in [-0.1, -0.05) is 25.9 Å². The number of nitrogens with zero attached hydrogens (tertiary/aromatic N) is 3. The Hall–Kier alpha value is -1.45. The second kappa shape index (κ2) is 9.42. The molecule has 180 valence electrons. The molecule has 2 rings (SSSR count). The third-order valence-corrected chi connectivity index (χ3v) is 12.4. The van der Waals surface area contributed by atoms with Crippen LogP contribution in [0.1, 0.15) is 65.6 Å². The smallest absolute Gasteiger partial charge is 0.192 e. The highest BCUT2D eigenvalue weighted by molar-refractivity contribution is 7.84. The van der Waals surface area contributed by atoms with Gasteiger partial charge in [-0.2, -0.15) is 0 Å². The summed E-state index contributed by atoms with van der Waals surface area (Å²) in [5, 5.41) is 3.79. The van der Waals surface area contributed by atoms with Gasteiger partial charge in [0.25, 0.3) is 0 Å². The molecule has 0 saturated heterocycles. The van der Waals surface area contributed by atoms with E-state index < -0.39 is 35.7 Å². The molecule has 1 N–H and O–H groups in total. The minimum atomic E-state index is -2.09. The molecule has 0 fully saturated rings. The Morgan fingerprint density at radius 3 is 2.50 bits per heavy atom. The number of azide groups is 1. The summed E-state index contributed by atoms with van der Waals surface area (Å²) in [6.45, 7) is 18.5. The molecule has 1 aromatic carbocycles. The lowest BCUT2D eigenvalue weighted by Crippen LogP contribution is -2.49. The Labute approximate surface area is 194 Å². The van der Waals surface area contributed by atoms with Crippen molar-refractivity contribution in [2.75, 3.05) is 13.2 Å². The molecule has 0 spiro atoms. The Balaban J connectivity index is 2.38. The predicted molar refractivity (Wildman–Crippen MR) is 130 cm³/mol. The number of nitrogens with one attached hydrogen (secondary N) is 1. The van der Waals surface area contributed by atoms with Crippen LogP contribution < -0.4 is 9.46 Å². The fourth-order valence-corrected chi connectivity index (χ4v) is 5.01. The maximum absolute atomic E-state index is 14.5. The van der Waals surface area contributed by atoms with Gasteiger partial charge >= 0.3 is 0 Å². The zero-order valence-electron chi connectivity index (χ0n) is 20.7. The first-order valence-electron chi connectivity index (χ1n) is 10.9. The molecule has 0 amide bonds. The largest absolute Gasteiger partial charge is 0.484 e. The monoisotopic (exact) mass is 484 g/mol. The van der Waals surface area contributed by atoms with Gasteiger partial charge in [-0.3, -0.25) is 0 Å². The summed E-state index contributed by atoms with van der Waals surface area (Å²) in [5.74, 6) is 0.159. The third-order valence-electron chi connectivity index (χ3n) is 6.22. The molecule has 1 aliphatic heterocycles. The molecular formula is C22H37FN4O3SSi. The van der Waals surface area contributed by atoms with E-state index in [4.69, 9.17) is 14.7 Å². The van der Waals surface area contributed by atoms with Crippen molar-refractivity contribution in [1.29, 1.82) is 0 Å². The summed E-state index contributed by atoms with van der Waals surface area (Å²) < 4.78 is 42.5. The van der Waals surface area contributed by atoms with Gasteiger partial charge in [-0.05, 0) is 63.5 Å². The van der Waals surface area contributed by atoms with Crippen LogP contribution in [0.15, 0.2) is 17.2 Å². The maximum Gasteiger partial charge on any atom is 0.192 e. The fraction of sp³-hybridized carbons (Fsp3) is 0.727. The summed E-state index contributed by atoms with van der Waals surface area (Å²) in [6, 6.07) is 2.46. The first kappa shape index (κ1) is 26.8. The molecule has 1 aliphatic rings. The van der Waals surface area contributed by atoms with Gasteiger partial charge in [-0.25, -0.2) is 13.3 Å². The van der Waals surface area contributed by atoms with Crippen molar-refractivity contribution in [2.45, 2.75) is 89.4 Å². The number of halogens is 1. The van der Waals surface area contributed by atoms with Crippen LogP contribution in [0.4, 0.5) is 4.39 Å². The zero-order chi connectivity index (χ0) is 24.5. The van der Waals surface area contributed by atoms with E-state index >= 15 is 0 Å². The number of hydrogen-bond acceptors (Lipinski definition) is 4. The van der Waals surface area contributed by atoms with Gasteiger partial charge in [0.15, 0.2) is 8.32 Å². The van der Waals surface area contributed by atoms with E-state index in [0.29, 0.717) is 23.3 Å². The van der Waals surface area contributed by atoms with Gasteiger partial charge in [0.1, 0.15) is 17.2 Å². The van der Waals surface area contributed by atoms with Crippen molar-refractivity contribution in [1.82, 2.24) is 4.72 Å². The molecule has 2 unspecified atom stereocenters. The highest BCUT2D eigenvalue weighted by Gasteiger charge is 2.45. The summed E-state index contributed by atoms with van der Waals surface area (Å²) in [4.78, 5) is 2.92.